The first kappa shape index (κ1) is 21.0. The van der Waals surface area contributed by atoms with E-state index in [1.54, 1.807) is 21.1 Å². The Labute approximate surface area is 182 Å². The van der Waals surface area contributed by atoms with Gasteiger partial charge in [-0.3, -0.25) is 4.79 Å². The molecule has 3 aromatic rings. The maximum atomic E-state index is 13.8. The summed E-state index contributed by atoms with van der Waals surface area (Å²) in [5.74, 6) is 2.07. The SMILES string of the molecule is COc1cc2c(cc1OC)[C@H](C(C)C)N(C(=O)c1c(-c3ccccc3)noc1C)CC2. The van der Waals surface area contributed by atoms with Crippen molar-refractivity contribution in [3.8, 4) is 22.8 Å². The maximum Gasteiger partial charge on any atom is 0.260 e. The van der Waals surface area contributed by atoms with Gasteiger partial charge < -0.3 is 18.9 Å². The van der Waals surface area contributed by atoms with E-state index in [2.05, 4.69) is 19.0 Å². The zero-order valence-corrected chi connectivity index (χ0v) is 18.6. The third-order valence-electron chi connectivity index (χ3n) is 5.94. The molecule has 0 bridgehead atoms. The number of amides is 1. The number of aryl methyl sites for hydroxylation is 1. The van der Waals surface area contributed by atoms with Gasteiger partial charge in [-0.1, -0.05) is 49.3 Å². The lowest BCUT2D eigenvalue weighted by Gasteiger charge is -2.40. The first-order valence-corrected chi connectivity index (χ1v) is 10.5. The van der Waals surface area contributed by atoms with E-state index in [4.69, 9.17) is 14.0 Å². The lowest BCUT2D eigenvalue weighted by atomic mass is 9.85. The van der Waals surface area contributed by atoms with Crippen molar-refractivity contribution in [1.29, 1.82) is 0 Å². The minimum Gasteiger partial charge on any atom is -0.493 e. The Morgan fingerprint density at radius 3 is 2.45 bits per heavy atom. The van der Waals surface area contributed by atoms with Gasteiger partial charge in [-0.2, -0.15) is 0 Å². The number of carbonyl (C=O) groups is 1. The normalized spacial score (nSPS) is 15.7. The Morgan fingerprint density at radius 2 is 1.81 bits per heavy atom. The van der Waals surface area contributed by atoms with Crippen molar-refractivity contribution in [2.24, 2.45) is 5.92 Å². The Bertz CT molecular complexity index is 1090. The molecule has 0 saturated carbocycles. The van der Waals surface area contributed by atoms with Gasteiger partial charge in [0.25, 0.3) is 5.91 Å². The molecule has 6 heteroatoms. The van der Waals surface area contributed by atoms with Crippen LogP contribution in [0.3, 0.4) is 0 Å². The van der Waals surface area contributed by atoms with Crippen molar-refractivity contribution in [3.63, 3.8) is 0 Å². The minimum atomic E-state index is -0.0889. The molecule has 0 aliphatic carbocycles. The van der Waals surface area contributed by atoms with E-state index >= 15 is 0 Å². The van der Waals surface area contributed by atoms with Crippen molar-refractivity contribution >= 4 is 5.91 Å². The molecule has 1 atom stereocenters. The van der Waals surface area contributed by atoms with Crippen LogP contribution < -0.4 is 9.47 Å². The summed E-state index contributed by atoms with van der Waals surface area (Å²) in [5, 5.41) is 4.21. The van der Waals surface area contributed by atoms with Crippen molar-refractivity contribution < 1.29 is 18.8 Å². The Kier molecular flexibility index (Phi) is 5.72. The monoisotopic (exact) mass is 420 g/mol. The zero-order chi connectivity index (χ0) is 22.1. The highest BCUT2D eigenvalue weighted by molar-refractivity contribution is 6.01. The van der Waals surface area contributed by atoms with Gasteiger partial charge in [0.2, 0.25) is 0 Å². The number of benzene rings is 2. The molecule has 4 rings (SSSR count). The Morgan fingerprint density at radius 1 is 1.13 bits per heavy atom. The van der Waals surface area contributed by atoms with Crippen LogP contribution in [-0.2, 0) is 6.42 Å². The fourth-order valence-corrected chi connectivity index (χ4v) is 4.48. The van der Waals surface area contributed by atoms with E-state index in [0.29, 0.717) is 35.1 Å². The molecule has 0 unspecified atom stereocenters. The number of hydrogen-bond acceptors (Lipinski definition) is 5. The van der Waals surface area contributed by atoms with E-state index in [9.17, 15) is 4.79 Å². The third-order valence-corrected chi connectivity index (χ3v) is 5.94. The first-order chi connectivity index (χ1) is 15.0. The topological polar surface area (TPSA) is 64.8 Å². The highest BCUT2D eigenvalue weighted by Gasteiger charge is 2.37. The van der Waals surface area contributed by atoms with Gasteiger partial charge in [0, 0.05) is 12.1 Å². The summed E-state index contributed by atoms with van der Waals surface area (Å²) < 4.78 is 16.5. The summed E-state index contributed by atoms with van der Waals surface area (Å²) in [4.78, 5) is 15.8. The third kappa shape index (κ3) is 3.67. The van der Waals surface area contributed by atoms with Gasteiger partial charge in [-0.25, -0.2) is 0 Å². The van der Waals surface area contributed by atoms with Crippen LogP contribution in [0.2, 0.25) is 0 Å². The Balaban J connectivity index is 1.78. The fourth-order valence-electron chi connectivity index (χ4n) is 4.48. The van der Waals surface area contributed by atoms with Gasteiger partial charge in [0.15, 0.2) is 11.5 Å². The second-order valence-corrected chi connectivity index (χ2v) is 8.17. The number of methoxy groups -OCH3 is 2. The number of rotatable bonds is 5. The molecule has 6 nitrogen and oxygen atoms in total. The van der Waals surface area contributed by atoms with E-state index in [1.807, 2.05) is 47.4 Å². The van der Waals surface area contributed by atoms with Crippen LogP contribution in [0.4, 0.5) is 0 Å². The molecule has 0 radical (unpaired) electrons. The number of aromatic nitrogens is 1. The van der Waals surface area contributed by atoms with Crippen LogP contribution in [0.15, 0.2) is 47.0 Å². The minimum absolute atomic E-state index is 0.0586. The van der Waals surface area contributed by atoms with Crippen LogP contribution in [0, 0.1) is 12.8 Å². The number of ether oxygens (including phenoxy) is 2. The molecule has 0 saturated heterocycles. The highest BCUT2D eigenvalue weighted by atomic mass is 16.5. The summed E-state index contributed by atoms with van der Waals surface area (Å²) in [7, 11) is 3.27. The van der Waals surface area contributed by atoms with E-state index in [1.165, 1.54) is 5.56 Å². The molecule has 1 aliphatic rings. The first-order valence-electron chi connectivity index (χ1n) is 10.5. The number of hydrogen-bond donors (Lipinski definition) is 0. The van der Waals surface area contributed by atoms with Gasteiger partial charge in [0.1, 0.15) is 17.0 Å². The summed E-state index contributed by atoms with van der Waals surface area (Å²) in [5.41, 5.74) is 4.27. The van der Waals surface area contributed by atoms with Gasteiger partial charge >= 0.3 is 0 Å². The molecule has 1 amide bonds. The largest absolute Gasteiger partial charge is 0.493 e. The zero-order valence-electron chi connectivity index (χ0n) is 18.6. The molecular weight excluding hydrogens is 392 g/mol. The lowest BCUT2D eigenvalue weighted by Crippen LogP contribution is -2.42. The van der Waals surface area contributed by atoms with Crippen LogP contribution in [0.25, 0.3) is 11.3 Å². The molecule has 162 valence electrons. The average Bonchev–Trinajstić information content (AvgIpc) is 3.18. The predicted molar refractivity (Wildman–Crippen MR) is 119 cm³/mol. The van der Waals surface area contributed by atoms with E-state index in [0.717, 1.165) is 17.5 Å². The van der Waals surface area contributed by atoms with Gasteiger partial charge in [-0.15, -0.1) is 0 Å². The van der Waals surface area contributed by atoms with Crippen LogP contribution in [-0.4, -0.2) is 36.7 Å². The van der Waals surface area contributed by atoms with Crippen LogP contribution in [0.5, 0.6) is 11.5 Å². The van der Waals surface area contributed by atoms with Gasteiger partial charge in [-0.05, 0) is 42.5 Å². The number of fused-ring (bicyclic) bond motifs is 1. The van der Waals surface area contributed by atoms with E-state index in [-0.39, 0.29) is 17.9 Å². The second-order valence-electron chi connectivity index (χ2n) is 8.17. The van der Waals surface area contributed by atoms with Crippen molar-refractivity contribution in [3.05, 3.63) is 64.9 Å². The molecule has 2 aromatic carbocycles. The fraction of sp³-hybridized carbons (Fsp3) is 0.360. The standard InChI is InChI=1S/C25H28N2O4/c1-15(2)24-19-14-21(30-5)20(29-4)13-18(19)11-12-27(24)25(28)22-16(3)31-26-23(22)17-9-7-6-8-10-17/h6-10,13-15,24H,11-12H2,1-5H3/t24-/m0/s1. The van der Waals surface area contributed by atoms with Crippen molar-refractivity contribution in [2.75, 3.05) is 20.8 Å². The predicted octanol–water partition coefficient (Wildman–Crippen LogP) is 5.06. The highest BCUT2D eigenvalue weighted by Crippen LogP contribution is 2.42. The molecule has 1 aromatic heterocycles. The maximum absolute atomic E-state index is 13.8. The molecule has 1 aliphatic heterocycles. The summed E-state index contributed by atoms with van der Waals surface area (Å²) in [6.07, 6.45) is 0.746. The summed E-state index contributed by atoms with van der Waals surface area (Å²) >= 11 is 0. The van der Waals surface area contributed by atoms with Crippen molar-refractivity contribution in [1.82, 2.24) is 10.1 Å². The lowest BCUT2D eigenvalue weighted by molar-refractivity contribution is 0.0601. The smallest absolute Gasteiger partial charge is 0.260 e. The molecule has 2 heterocycles. The van der Waals surface area contributed by atoms with Crippen LogP contribution >= 0.6 is 0 Å². The van der Waals surface area contributed by atoms with Crippen LogP contribution in [0.1, 0.15) is 47.1 Å². The second kappa shape index (κ2) is 8.46. The molecule has 0 fully saturated rings. The quantitative estimate of drug-likeness (QED) is 0.577. The molecule has 0 spiro atoms. The van der Waals surface area contributed by atoms with Gasteiger partial charge in [0.05, 0.1) is 20.3 Å². The molecular formula is C25H28N2O4. The summed E-state index contributed by atoms with van der Waals surface area (Å²) in [6, 6.07) is 13.6. The molecule has 0 N–H and O–H groups in total. The Hall–Kier alpha value is -3.28. The van der Waals surface area contributed by atoms with Crippen molar-refractivity contribution in [2.45, 2.75) is 33.2 Å². The molecule has 31 heavy (non-hydrogen) atoms. The van der Waals surface area contributed by atoms with E-state index < -0.39 is 0 Å². The summed E-state index contributed by atoms with van der Waals surface area (Å²) in [6.45, 7) is 6.68. The number of nitrogens with zero attached hydrogens (tertiary/aromatic N) is 2. The number of carbonyl (C=O) groups excluding carboxylic acids is 1. The average molecular weight is 421 g/mol.